The molecule has 0 amide bonds. The van der Waals surface area contributed by atoms with Crippen molar-refractivity contribution in [2.24, 2.45) is 5.73 Å². The first-order valence-electron chi connectivity index (χ1n) is 3.87. The molecule has 1 heterocycles. The maximum atomic E-state index is 5.41. The molecule has 0 aliphatic carbocycles. The average molecular weight is 183 g/mol. The molecule has 12 heavy (non-hydrogen) atoms. The lowest BCUT2D eigenvalue weighted by atomic mass is 10.4. The molecular weight excluding hydrogens is 170 g/mol. The van der Waals surface area contributed by atoms with Gasteiger partial charge in [-0.15, -0.1) is 11.8 Å². The molecule has 0 radical (unpaired) electrons. The van der Waals surface area contributed by atoms with Gasteiger partial charge in [0.1, 0.15) is 12.4 Å². The minimum atomic E-state index is 0.548. The van der Waals surface area contributed by atoms with Gasteiger partial charge in [0.2, 0.25) is 0 Å². The highest BCUT2D eigenvalue weighted by molar-refractivity contribution is 8.03. The zero-order valence-corrected chi connectivity index (χ0v) is 7.77. The first-order valence-corrected chi connectivity index (χ1v) is 4.86. The SMILES string of the molecule is C=CC1=C(OCCN)C=CCS1. The van der Waals surface area contributed by atoms with E-state index in [9.17, 15) is 0 Å². The minimum Gasteiger partial charge on any atom is -0.491 e. The molecule has 0 spiro atoms. The molecule has 1 aliphatic heterocycles. The van der Waals surface area contributed by atoms with Gasteiger partial charge in [0, 0.05) is 17.2 Å². The van der Waals surface area contributed by atoms with E-state index in [4.69, 9.17) is 10.5 Å². The van der Waals surface area contributed by atoms with Crippen molar-refractivity contribution in [3.05, 3.63) is 35.5 Å². The van der Waals surface area contributed by atoms with E-state index in [1.165, 1.54) is 0 Å². The Balaban J connectivity index is 2.61. The van der Waals surface area contributed by atoms with E-state index in [0.29, 0.717) is 13.2 Å². The van der Waals surface area contributed by atoms with Crippen LogP contribution in [0.15, 0.2) is 35.5 Å². The molecule has 2 N–H and O–H groups in total. The van der Waals surface area contributed by atoms with Crippen LogP contribution in [0.2, 0.25) is 0 Å². The zero-order valence-electron chi connectivity index (χ0n) is 6.95. The molecule has 0 unspecified atom stereocenters. The van der Waals surface area contributed by atoms with Gasteiger partial charge >= 0.3 is 0 Å². The lowest BCUT2D eigenvalue weighted by Gasteiger charge is -2.12. The smallest absolute Gasteiger partial charge is 0.132 e. The summed E-state index contributed by atoms with van der Waals surface area (Å²) in [7, 11) is 0. The first kappa shape index (κ1) is 9.42. The van der Waals surface area contributed by atoms with E-state index >= 15 is 0 Å². The molecule has 0 saturated carbocycles. The first-order chi connectivity index (χ1) is 5.88. The number of rotatable bonds is 4. The van der Waals surface area contributed by atoms with Crippen molar-refractivity contribution in [3.8, 4) is 0 Å². The summed E-state index contributed by atoms with van der Waals surface area (Å²) < 4.78 is 5.41. The van der Waals surface area contributed by atoms with Gasteiger partial charge in [-0.1, -0.05) is 18.7 Å². The van der Waals surface area contributed by atoms with Crippen LogP contribution in [-0.4, -0.2) is 18.9 Å². The molecule has 66 valence electrons. The van der Waals surface area contributed by atoms with Gasteiger partial charge in [-0.2, -0.15) is 0 Å². The maximum absolute atomic E-state index is 5.41. The van der Waals surface area contributed by atoms with E-state index < -0.39 is 0 Å². The van der Waals surface area contributed by atoms with Crippen molar-refractivity contribution in [2.75, 3.05) is 18.9 Å². The Bertz CT molecular complexity index is 221. The Labute approximate surface area is 77.2 Å². The van der Waals surface area contributed by atoms with Crippen LogP contribution in [0.3, 0.4) is 0 Å². The second-order valence-corrected chi connectivity index (χ2v) is 3.34. The average Bonchev–Trinajstić information content (AvgIpc) is 2.15. The lowest BCUT2D eigenvalue weighted by Crippen LogP contribution is -2.08. The molecular formula is C9H13NOS. The molecule has 0 aromatic rings. The molecule has 0 bridgehead atoms. The van der Waals surface area contributed by atoms with E-state index in [-0.39, 0.29) is 0 Å². The van der Waals surface area contributed by atoms with Gasteiger partial charge in [0.05, 0.1) is 0 Å². The summed E-state index contributed by atoms with van der Waals surface area (Å²) in [6, 6.07) is 0. The third-order valence-electron chi connectivity index (χ3n) is 1.41. The molecule has 1 rings (SSSR count). The van der Waals surface area contributed by atoms with E-state index in [2.05, 4.69) is 12.7 Å². The van der Waals surface area contributed by atoms with Gasteiger partial charge in [-0.05, 0) is 6.08 Å². The quantitative estimate of drug-likeness (QED) is 0.720. The van der Waals surface area contributed by atoms with Gasteiger partial charge in [-0.25, -0.2) is 0 Å². The van der Waals surface area contributed by atoms with Gasteiger partial charge in [0.15, 0.2) is 0 Å². The van der Waals surface area contributed by atoms with E-state index in [0.717, 1.165) is 16.4 Å². The second-order valence-electron chi connectivity index (χ2n) is 2.28. The van der Waals surface area contributed by atoms with Gasteiger partial charge in [0.25, 0.3) is 0 Å². The molecule has 0 atom stereocenters. The predicted molar refractivity (Wildman–Crippen MR) is 53.8 cm³/mol. The molecule has 0 saturated heterocycles. The van der Waals surface area contributed by atoms with Crippen molar-refractivity contribution in [2.45, 2.75) is 0 Å². The number of hydrogen-bond donors (Lipinski definition) is 1. The normalized spacial score (nSPS) is 16.4. The highest BCUT2D eigenvalue weighted by Gasteiger charge is 2.05. The van der Waals surface area contributed by atoms with Crippen molar-refractivity contribution in [3.63, 3.8) is 0 Å². The summed E-state index contributed by atoms with van der Waals surface area (Å²) in [6.07, 6.45) is 5.87. The topological polar surface area (TPSA) is 35.2 Å². The molecule has 2 nitrogen and oxygen atoms in total. The van der Waals surface area contributed by atoms with Crippen LogP contribution in [0.1, 0.15) is 0 Å². The van der Waals surface area contributed by atoms with Crippen LogP contribution in [0.25, 0.3) is 0 Å². The summed E-state index contributed by atoms with van der Waals surface area (Å²) in [5.74, 6) is 1.89. The van der Waals surface area contributed by atoms with E-state index in [1.54, 1.807) is 11.8 Å². The summed E-state index contributed by atoms with van der Waals surface area (Å²) in [5, 5.41) is 0. The molecule has 0 aromatic heterocycles. The van der Waals surface area contributed by atoms with Crippen molar-refractivity contribution >= 4 is 11.8 Å². The summed E-state index contributed by atoms with van der Waals surface area (Å²) >= 11 is 1.73. The predicted octanol–water partition coefficient (Wildman–Crippen LogP) is 1.66. The third-order valence-corrected chi connectivity index (χ3v) is 2.45. The zero-order chi connectivity index (χ0) is 8.81. The highest BCUT2D eigenvalue weighted by atomic mass is 32.2. The summed E-state index contributed by atoms with van der Waals surface area (Å²) in [4.78, 5) is 1.10. The van der Waals surface area contributed by atoms with Crippen molar-refractivity contribution in [1.29, 1.82) is 0 Å². The second kappa shape index (κ2) is 5.06. The van der Waals surface area contributed by atoms with Gasteiger partial charge < -0.3 is 10.5 Å². The van der Waals surface area contributed by atoms with Crippen LogP contribution < -0.4 is 5.73 Å². The Morgan fingerprint density at radius 2 is 2.58 bits per heavy atom. The molecule has 0 aromatic carbocycles. The number of thioether (sulfide) groups is 1. The molecule has 0 fully saturated rings. The Morgan fingerprint density at radius 3 is 3.25 bits per heavy atom. The third kappa shape index (κ3) is 2.43. The number of nitrogens with two attached hydrogens (primary N) is 1. The van der Waals surface area contributed by atoms with Crippen LogP contribution in [0.4, 0.5) is 0 Å². The standard InChI is InChI=1S/C9H13NOS/c1-2-9-8(11-6-5-10)4-3-7-12-9/h2-4H,1,5-7,10H2. The molecule has 3 heteroatoms. The fourth-order valence-electron chi connectivity index (χ4n) is 0.894. The number of hydrogen-bond acceptors (Lipinski definition) is 3. The monoisotopic (exact) mass is 183 g/mol. The fraction of sp³-hybridized carbons (Fsp3) is 0.333. The number of ether oxygens (including phenoxy) is 1. The number of allylic oxidation sites excluding steroid dienone is 2. The fourth-order valence-corrected chi connectivity index (χ4v) is 1.65. The Kier molecular flexibility index (Phi) is 3.97. The Morgan fingerprint density at radius 1 is 1.75 bits per heavy atom. The minimum absolute atomic E-state index is 0.548. The highest BCUT2D eigenvalue weighted by Crippen LogP contribution is 2.26. The van der Waals surface area contributed by atoms with Crippen LogP contribution in [0, 0.1) is 0 Å². The van der Waals surface area contributed by atoms with Gasteiger partial charge in [-0.3, -0.25) is 0 Å². The lowest BCUT2D eigenvalue weighted by molar-refractivity contribution is 0.233. The maximum Gasteiger partial charge on any atom is 0.132 e. The van der Waals surface area contributed by atoms with Crippen LogP contribution in [-0.2, 0) is 4.74 Å². The summed E-state index contributed by atoms with van der Waals surface area (Å²) in [5.41, 5.74) is 5.33. The van der Waals surface area contributed by atoms with Crippen molar-refractivity contribution < 1.29 is 4.74 Å². The van der Waals surface area contributed by atoms with Crippen molar-refractivity contribution in [1.82, 2.24) is 0 Å². The van der Waals surface area contributed by atoms with E-state index in [1.807, 2.05) is 12.2 Å². The van der Waals surface area contributed by atoms with Crippen LogP contribution in [0.5, 0.6) is 0 Å². The summed E-state index contributed by atoms with van der Waals surface area (Å²) in [6.45, 7) is 4.83. The largest absolute Gasteiger partial charge is 0.491 e. The molecule has 1 aliphatic rings. The van der Waals surface area contributed by atoms with Crippen LogP contribution >= 0.6 is 11.8 Å². The Hall–Kier alpha value is -0.670.